The maximum Gasteiger partial charge on any atom is 2.00 e. The average Bonchev–Trinajstić information content (AvgIpc) is 3.89. The van der Waals surface area contributed by atoms with Gasteiger partial charge in [0.1, 0.15) is 0 Å². The Kier molecular flexibility index (Phi) is 24.0. The summed E-state index contributed by atoms with van der Waals surface area (Å²) in [6.07, 6.45) is 0. The Labute approximate surface area is 311 Å². The van der Waals surface area contributed by atoms with E-state index in [9.17, 15) is 0 Å². The minimum atomic E-state index is -4.94. The zero-order valence-electron chi connectivity index (χ0n) is 25.4. The van der Waals surface area contributed by atoms with Crippen molar-refractivity contribution in [1.82, 2.24) is 122 Å². The van der Waals surface area contributed by atoms with Gasteiger partial charge < -0.3 is 69.5 Å². The van der Waals surface area contributed by atoms with Gasteiger partial charge in [0.2, 0.25) is 0 Å². The number of hydrogen-bond acceptors (Lipinski definition) is 38. The Morgan fingerprint density at radius 2 is 0.396 bits per heavy atom. The Morgan fingerprint density at radius 3 is 0.415 bits per heavy atom. The number of rotatable bonds is 0. The molecule has 6 aromatic heterocycles. The van der Waals surface area contributed by atoms with Crippen molar-refractivity contribution < 1.29 is 85.1 Å². The Balaban J connectivity index is -0.000000540. The summed E-state index contributed by atoms with van der Waals surface area (Å²) in [5.41, 5.74) is 30.2. The minimum Gasteiger partial charge on any atom is -0.365 e. The van der Waals surface area contributed by atoms with Gasteiger partial charge in [-0.1, -0.05) is 30.6 Å². The first-order valence-electron chi connectivity index (χ1n) is 10.8. The Morgan fingerprint density at radius 1 is 0.302 bits per heavy atom. The summed E-state index contributed by atoms with van der Waals surface area (Å²) in [6.45, 7) is 0. The molecule has 0 saturated heterocycles. The van der Waals surface area contributed by atoms with Crippen molar-refractivity contribution >= 4 is 35.7 Å². The molecule has 24 N–H and O–H groups in total. The predicted octanol–water partition coefficient (Wildman–Crippen LogP) is -21.7. The first kappa shape index (κ1) is 50.6. The molecule has 53 heavy (non-hydrogen) atoms. The molecular weight excluding hydrogens is 888 g/mol. The minimum absolute atomic E-state index is 0. The number of nitrogens with two attached hydrogens (primary N) is 12. The zero-order chi connectivity index (χ0) is 40.7. The van der Waals surface area contributed by atoms with Crippen molar-refractivity contribution in [3.8, 4) is 0 Å². The van der Waals surface area contributed by atoms with Crippen molar-refractivity contribution in [2.45, 2.75) is 0 Å². The fraction of sp³-hybridized carbons (Fsp3) is 0. The third kappa shape index (κ3) is 29.8. The first-order valence-corrected chi connectivity index (χ1v) is 13.3. The van der Waals surface area contributed by atoms with E-state index in [1.54, 1.807) is 0 Å². The van der Waals surface area contributed by atoms with Crippen LogP contribution in [0.3, 0.4) is 0 Å². The van der Waals surface area contributed by atoms with Crippen molar-refractivity contribution in [2.75, 3.05) is 69.5 Å². The molecular formula is C6H24CdCl2N36O8. The van der Waals surface area contributed by atoms with Crippen LogP contribution in [-0.2, 0) is 27.3 Å². The number of tetrazole rings is 6. The van der Waals surface area contributed by atoms with Crippen LogP contribution in [0.5, 0.6) is 0 Å². The zero-order valence-corrected chi connectivity index (χ0v) is 30.9. The van der Waals surface area contributed by atoms with Gasteiger partial charge in [-0.3, -0.25) is 0 Å². The maximum absolute atomic E-state index is 8.49. The van der Waals surface area contributed by atoms with Crippen LogP contribution in [0.1, 0.15) is 0 Å². The molecule has 0 amide bonds. The number of halogens is 2. The van der Waals surface area contributed by atoms with Crippen LogP contribution in [0.15, 0.2) is 0 Å². The Hall–Kier alpha value is -6.80. The van der Waals surface area contributed by atoms with Crippen molar-refractivity contribution in [1.29, 1.82) is 0 Å². The van der Waals surface area contributed by atoms with Crippen molar-refractivity contribution in [2.24, 2.45) is 0 Å². The molecule has 292 valence electrons. The fourth-order valence-corrected chi connectivity index (χ4v) is 1.20. The molecule has 0 saturated carbocycles. The van der Waals surface area contributed by atoms with E-state index in [2.05, 4.69) is 93.2 Å². The summed E-state index contributed by atoms with van der Waals surface area (Å²) in [5.74, 6) is 30.6. The average molecular weight is 912 g/mol. The van der Waals surface area contributed by atoms with Crippen molar-refractivity contribution in [3.63, 3.8) is 0 Å². The molecule has 0 bridgehead atoms. The van der Waals surface area contributed by atoms with Crippen LogP contribution in [0, 0.1) is 20.5 Å². The molecule has 0 radical (unpaired) electrons. The third-order valence-electron chi connectivity index (χ3n) is 3.11. The fourth-order valence-electron chi connectivity index (χ4n) is 1.20. The van der Waals surface area contributed by atoms with Crippen LogP contribution in [0.2, 0.25) is 0 Å². The van der Waals surface area contributed by atoms with Gasteiger partial charge in [0.25, 0.3) is 35.7 Å². The number of hydrogen-bond donors (Lipinski definition) is 12. The molecule has 6 heterocycles. The van der Waals surface area contributed by atoms with E-state index < -0.39 is 20.5 Å². The summed E-state index contributed by atoms with van der Waals surface area (Å²) in [5, 5.41) is 57.8. The molecule has 0 aliphatic rings. The SMILES string of the molecule is Nc1nnnn1N.Nc1nnnn1N.Nc1nnnn1N.Nc1nnnn1N.Nc1nnnn1N.Nc1nnnn1N.[Cd+2].[O-][Cl+3]([O-])([O-])[O-].[O-][Cl+3]([O-])([O-])[O-]. The van der Waals surface area contributed by atoms with E-state index in [0.717, 1.165) is 28.7 Å². The van der Waals surface area contributed by atoms with E-state index in [1.807, 2.05) is 0 Å². The van der Waals surface area contributed by atoms with Crippen LogP contribution in [0.4, 0.5) is 35.7 Å². The molecule has 6 rings (SSSR count). The molecule has 0 aliphatic carbocycles. The van der Waals surface area contributed by atoms with Gasteiger partial charge in [0.05, 0.1) is 0 Å². The van der Waals surface area contributed by atoms with Gasteiger partial charge in [-0.05, 0) is 62.6 Å². The molecule has 6 aromatic rings. The van der Waals surface area contributed by atoms with Crippen LogP contribution in [-0.4, -0.2) is 122 Å². The van der Waals surface area contributed by atoms with Crippen LogP contribution >= 0.6 is 0 Å². The van der Waals surface area contributed by atoms with Crippen LogP contribution < -0.4 is 107 Å². The second-order valence-electron chi connectivity index (χ2n) is 6.65. The second-order valence-corrected chi connectivity index (χ2v) is 8.16. The molecule has 0 aliphatic heterocycles. The molecule has 0 aromatic carbocycles. The van der Waals surface area contributed by atoms with Gasteiger partial charge in [-0.25, -0.2) is 37.3 Å². The van der Waals surface area contributed by atoms with E-state index in [4.69, 9.17) is 107 Å². The van der Waals surface area contributed by atoms with Crippen molar-refractivity contribution in [3.05, 3.63) is 0 Å². The summed E-state index contributed by atoms with van der Waals surface area (Å²) in [7, 11) is -9.89. The van der Waals surface area contributed by atoms with Gasteiger partial charge in [0.15, 0.2) is 0 Å². The topological polar surface area (TPSA) is 758 Å². The predicted molar refractivity (Wildman–Crippen MR) is 134 cm³/mol. The quantitative estimate of drug-likeness (QED) is 0.0497. The van der Waals surface area contributed by atoms with Crippen LogP contribution in [0.25, 0.3) is 0 Å². The number of nitrogen functional groups attached to an aromatic ring is 12. The molecule has 0 fully saturated rings. The largest absolute Gasteiger partial charge is 2.00 e. The standard InChI is InChI=1S/6CH4N6.Cd.2ClHO4/c6*2-1-4-5-6-7(1)3;;2*2-1(3,4)5/h6*3H2,(H2,2,4,6);;2*(H,2,3,4,5)/q;;;;;;+2;;/p-2. The Bertz CT molecular complexity index is 1320. The number of nitrogens with zero attached hydrogens (tertiary/aromatic N) is 24. The molecule has 44 nitrogen and oxygen atoms in total. The van der Waals surface area contributed by atoms with Gasteiger partial charge in [0, 0.05) is 0 Å². The molecule has 47 heteroatoms. The summed E-state index contributed by atoms with van der Waals surface area (Å²) in [4.78, 5) is 5.33. The van der Waals surface area contributed by atoms with E-state index >= 15 is 0 Å². The summed E-state index contributed by atoms with van der Waals surface area (Å²) < 4.78 is 67.9. The van der Waals surface area contributed by atoms with Gasteiger partial charge >= 0.3 is 27.3 Å². The summed E-state index contributed by atoms with van der Waals surface area (Å²) in [6, 6.07) is 0. The first-order chi connectivity index (χ1) is 23.8. The van der Waals surface area contributed by atoms with Gasteiger partial charge in [-0.2, -0.15) is 0 Å². The molecule has 0 spiro atoms. The second kappa shape index (κ2) is 25.2. The number of aromatic nitrogens is 24. The monoisotopic (exact) mass is 912 g/mol. The summed E-state index contributed by atoms with van der Waals surface area (Å²) >= 11 is 0. The smallest absolute Gasteiger partial charge is 0.365 e. The third-order valence-corrected chi connectivity index (χ3v) is 3.11. The van der Waals surface area contributed by atoms with E-state index in [1.165, 1.54) is 0 Å². The van der Waals surface area contributed by atoms with E-state index in [-0.39, 0.29) is 63.0 Å². The molecule has 0 unspecified atom stereocenters. The maximum atomic E-state index is 8.49. The normalized spacial score (nSPS) is 9.51. The number of anilines is 6. The molecule has 0 atom stereocenters. The van der Waals surface area contributed by atoms with Gasteiger partial charge in [-0.15, -0.1) is 49.2 Å². The van der Waals surface area contributed by atoms with E-state index in [0.29, 0.717) is 0 Å².